The second-order valence-corrected chi connectivity index (χ2v) is 7.57. The summed E-state index contributed by atoms with van der Waals surface area (Å²) in [4.78, 5) is 18.1. The number of hydrogen-bond acceptors (Lipinski definition) is 8. The number of nitrogens with zero attached hydrogens (tertiary/aromatic N) is 4. The summed E-state index contributed by atoms with van der Waals surface area (Å²) in [6.45, 7) is 6.90. The highest BCUT2D eigenvalue weighted by Crippen LogP contribution is 2.23. The lowest BCUT2D eigenvalue weighted by atomic mass is 10.0. The Balaban J connectivity index is 1.47. The zero-order valence-electron chi connectivity index (χ0n) is 17.6. The normalized spacial score (nSPS) is 18.7. The molecule has 2 aromatic rings. The highest BCUT2D eigenvalue weighted by molar-refractivity contribution is 5.65. The standard InChI is InChI=1S/C22H26N6O3/c1-15(2)31-19-6-3-17(4-7-19)28-21(23)25-22(26-28)24-20-8-5-18(13-16(20)14-29)27-9-11-30-12-10-27/h3-8,13,15,20H,9-12H2,1-2H3,(H3,23,24,25,26). The molecule has 1 atom stereocenters. The zero-order valence-corrected chi connectivity index (χ0v) is 17.6. The third-order valence-electron chi connectivity index (χ3n) is 4.96. The highest BCUT2D eigenvalue weighted by Gasteiger charge is 2.21. The molecule has 9 heteroatoms. The molecule has 9 nitrogen and oxygen atoms in total. The first kappa shape index (κ1) is 20.7. The number of morpholine rings is 1. The summed E-state index contributed by atoms with van der Waals surface area (Å²) >= 11 is 0. The Morgan fingerprint density at radius 1 is 1.26 bits per heavy atom. The van der Waals surface area contributed by atoms with Gasteiger partial charge in [-0.1, -0.05) is 6.08 Å². The number of rotatable bonds is 6. The van der Waals surface area contributed by atoms with Crippen LogP contribution < -0.4 is 15.8 Å². The molecule has 0 amide bonds. The maximum absolute atomic E-state index is 11.6. The maximum Gasteiger partial charge on any atom is 0.245 e. The van der Waals surface area contributed by atoms with Crippen LogP contribution in [0.1, 0.15) is 13.8 Å². The van der Waals surface area contributed by atoms with Gasteiger partial charge in [0.25, 0.3) is 0 Å². The van der Waals surface area contributed by atoms with Crippen LogP contribution in [0.2, 0.25) is 0 Å². The lowest BCUT2D eigenvalue weighted by molar-refractivity contribution is 0.0553. The first-order valence-electron chi connectivity index (χ1n) is 10.3. The van der Waals surface area contributed by atoms with Crippen LogP contribution in [-0.4, -0.2) is 64.1 Å². The molecule has 1 aromatic carbocycles. The Morgan fingerprint density at radius 2 is 2.00 bits per heavy atom. The fraction of sp³-hybridized carbons (Fsp3) is 0.364. The van der Waals surface area contributed by atoms with Crippen molar-refractivity contribution in [3.63, 3.8) is 0 Å². The van der Waals surface area contributed by atoms with Crippen molar-refractivity contribution in [3.05, 3.63) is 53.8 Å². The molecule has 1 aromatic heterocycles. The molecule has 3 N–H and O–H groups in total. The van der Waals surface area contributed by atoms with Gasteiger partial charge in [0.1, 0.15) is 11.7 Å². The summed E-state index contributed by atoms with van der Waals surface area (Å²) in [7, 11) is 0. The Morgan fingerprint density at radius 3 is 2.68 bits per heavy atom. The minimum Gasteiger partial charge on any atom is -0.491 e. The van der Waals surface area contributed by atoms with E-state index in [0.29, 0.717) is 24.7 Å². The molecule has 1 aliphatic carbocycles. The predicted molar refractivity (Wildman–Crippen MR) is 118 cm³/mol. The smallest absolute Gasteiger partial charge is 0.245 e. The lowest BCUT2D eigenvalue weighted by Crippen LogP contribution is -2.36. The number of aromatic nitrogens is 3. The molecular formula is C22H26N6O3. The molecule has 0 radical (unpaired) electrons. The first-order chi connectivity index (χ1) is 15.0. The Labute approximate surface area is 180 Å². The van der Waals surface area contributed by atoms with Crippen molar-refractivity contribution in [2.24, 2.45) is 0 Å². The van der Waals surface area contributed by atoms with Crippen LogP contribution >= 0.6 is 0 Å². The van der Waals surface area contributed by atoms with Gasteiger partial charge in [0.2, 0.25) is 11.9 Å². The number of hydrogen-bond donors (Lipinski definition) is 2. The third kappa shape index (κ3) is 4.79. The van der Waals surface area contributed by atoms with E-state index in [1.54, 1.807) is 0 Å². The average molecular weight is 422 g/mol. The second kappa shape index (κ2) is 9.07. The summed E-state index contributed by atoms with van der Waals surface area (Å²) in [5.41, 5.74) is 8.28. The summed E-state index contributed by atoms with van der Waals surface area (Å²) in [6.07, 6.45) is 5.82. The lowest BCUT2D eigenvalue weighted by Gasteiger charge is -2.31. The quantitative estimate of drug-likeness (QED) is 0.681. The van der Waals surface area contributed by atoms with Gasteiger partial charge in [0, 0.05) is 18.8 Å². The van der Waals surface area contributed by atoms with E-state index in [-0.39, 0.29) is 18.1 Å². The van der Waals surface area contributed by atoms with E-state index in [0.717, 1.165) is 30.2 Å². The van der Waals surface area contributed by atoms with E-state index in [2.05, 4.69) is 20.3 Å². The Hall–Kier alpha value is -3.55. The number of nitrogen functional groups attached to an aromatic ring is 1. The number of benzene rings is 1. The summed E-state index contributed by atoms with van der Waals surface area (Å²) in [5.74, 6) is 3.36. The number of nitrogens with one attached hydrogen (secondary N) is 1. The summed E-state index contributed by atoms with van der Waals surface area (Å²) < 4.78 is 12.6. The molecule has 4 rings (SSSR count). The van der Waals surface area contributed by atoms with Crippen molar-refractivity contribution >= 4 is 17.8 Å². The van der Waals surface area contributed by atoms with Crippen molar-refractivity contribution < 1.29 is 14.3 Å². The molecule has 1 fully saturated rings. The van der Waals surface area contributed by atoms with E-state index >= 15 is 0 Å². The molecule has 1 aliphatic heterocycles. The van der Waals surface area contributed by atoms with Gasteiger partial charge in [-0.2, -0.15) is 9.67 Å². The molecule has 1 unspecified atom stereocenters. The van der Waals surface area contributed by atoms with Crippen LogP contribution in [0.15, 0.2) is 53.8 Å². The number of allylic oxidation sites excluding steroid dienone is 1. The molecule has 2 heterocycles. The minimum absolute atomic E-state index is 0.0968. The monoisotopic (exact) mass is 422 g/mol. The molecule has 31 heavy (non-hydrogen) atoms. The molecule has 0 spiro atoms. The molecule has 0 bridgehead atoms. The van der Waals surface area contributed by atoms with Crippen molar-refractivity contribution in [3.8, 4) is 11.4 Å². The SMILES string of the molecule is CC(C)Oc1ccc(-n2nc(NC3C=CC(N4CCOCC4)=CC3=C=O)nc2N)cc1. The Kier molecular flexibility index (Phi) is 6.06. The van der Waals surface area contributed by atoms with E-state index in [1.807, 2.05) is 62.3 Å². The van der Waals surface area contributed by atoms with Crippen LogP contribution in [0.3, 0.4) is 0 Å². The highest BCUT2D eigenvalue weighted by atomic mass is 16.5. The summed E-state index contributed by atoms with van der Waals surface area (Å²) in [5, 5.41) is 7.60. The first-order valence-corrected chi connectivity index (χ1v) is 10.3. The average Bonchev–Trinajstić information content (AvgIpc) is 3.14. The number of carbonyl (C=O) groups excluding carboxylic acids is 1. The molecule has 1 saturated heterocycles. The van der Waals surface area contributed by atoms with Gasteiger partial charge >= 0.3 is 0 Å². The van der Waals surface area contributed by atoms with Gasteiger partial charge < -0.3 is 25.4 Å². The number of ether oxygens (including phenoxy) is 2. The molecular weight excluding hydrogens is 396 g/mol. The van der Waals surface area contributed by atoms with Gasteiger partial charge in [0.05, 0.1) is 36.6 Å². The predicted octanol–water partition coefficient (Wildman–Crippen LogP) is 1.96. The zero-order chi connectivity index (χ0) is 21.8. The van der Waals surface area contributed by atoms with Gasteiger partial charge in [-0.3, -0.25) is 0 Å². The van der Waals surface area contributed by atoms with Crippen LogP contribution in [0.25, 0.3) is 5.69 Å². The van der Waals surface area contributed by atoms with E-state index in [9.17, 15) is 4.79 Å². The topological polar surface area (TPSA) is 108 Å². The molecule has 162 valence electrons. The fourth-order valence-corrected chi connectivity index (χ4v) is 3.49. The maximum atomic E-state index is 11.6. The van der Waals surface area contributed by atoms with Crippen LogP contribution in [-0.2, 0) is 9.53 Å². The third-order valence-corrected chi connectivity index (χ3v) is 4.96. The van der Waals surface area contributed by atoms with Gasteiger partial charge in [-0.15, -0.1) is 5.10 Å². The van der Waals surface area contributed by atoms with Crippen molar-refractivity contribution in [1.29, 1.82) is 0 Å². The van der Waals surface area contributed by atoms with Gasteiger partial charge in [-0.05, 0) is 50.3 Å². The number of nitrogens with two attached hydrogens (primary N) is 1. The fourth-order valence-electron chi connectivity index (χ4n) is 3.49. The van der Waals surface area contributed by atoms with Crippen molar-refractivity contribution in [1.82, 2.24) is 19.7 Å². The van der Waals surface area contributed by atoms with E-state index in [1.165, 1.54) is 4.68 Å². The van der Waals surface area contributed by atoms with Crippen LogP contribution in [0.4, 0.5) is 11.9 Å². The minimum atomic E-state index is -0.389. The van der Waals surface area contributed by atoms with Crippen LogP contribution in [0, 0.1) is 0 Å². The number of anilines is 2. The molecule has 0 saturated carbocycles. The van der Waals surface area contributed by atoms with Crippen molar-refractivity contribution in [2.75, 3.05) is 37.4 Å². The summed E-state index contributed by atoms with van der Waals surface area (Å²) in [6, 6.07) is 7.05. The van der Waals surface area contributed by atoms with Gasteiger partial charge in [0.15, 0.2) is 0 Å². The van der Waals surface area contributed by atoms with E-state index in [4.69, 9.17) is 15.2 Å². The second-order valence-electron chi connectivity index (χ2n) is 7.57. The van der Waals surface area contributed by atoms with Crippen LogP contribution in [0.5, 0.6) is 5.75 Å². The van der Waals surface area contributed by atoms with Crippen molar-refractivity contribution in [2.45, 2.75) is 26.0 Å². The molecule has 2 aliphatic rings. The Bertz CT molecular complexity index is 1030. The van der Waals surface area contributed by atoms with Gasteiger partial charge in [-0.25, -0.2) is 4.79 Å². The van der Waals surface area contributed by atoms with E-state index < -0.39 is 0 Å². The largest absolute Gasteiger partial charge is 0.491 e.